The quantitative estimate of drug-likeness (QED) is 0.639. The largest absolute Gasteiger partial charge is 0.353 e. The van der Waals surface area contributed by atoms with Gasteiger partial charge in [-0.2, -0.15) is 0 Å². The highest BCUT2D eigenvalue weighted by molar-refractivity contribution is 5.72. The molecule has 1 amide bonds. The van der Waals surface area contributed by atoms with E-state index in [1.54, 1.807) is 6.92 Å². The average molecular weight is 147 g/mol. The number of alkyl halides is 1. The normalized spacial score (nSPS) is 16.0. The standard InChI is InChI=1S/C7H14FNO/c1-4-7(3,8)5-9-6(2)10/h4-5H2,1-3H3,(H,9,10). The van der Waals surface area contributed by atoms with E-state index >= 15 is 0 Å². The second kappa shape index (κ2) is 3.54. The van der Waals surface area contributed by atoms with Crippen LogP contribution in [0.1, 0.15) is 27.2 Å². The van der Waals surface area contributed by atoms with Crippen LogP contribution >= 0.6 is 0 Å². The molecule has 0 radical (unpaired) electrons. The molecule has 2 nitrogen and oxygen atoms in total. The van der Waals surface area contributed by atoms with Crippen LogP contribution in [0.4, 0.5) is 4.39 Å². The molecule has 60 valence electrons. The first-order valence-corrected chi connectivity index (χ1v) is 3.41. The minimum atomic E-state index is -1.26. The molecule has 0 aromatic rings. The van der Waals surface area contributed by atoms with Gasteiger partial charge >= 0.3 is 0 Å². The number of carbonyl (C=O) groups excluding carboxylic acids is 1. The predicted molar refractivity (Wildman–Crippen MR) is 38.5 cm³/mol. The second-order valence-corrected chi connectivity index (χ2v) is 2.68. The summed E-state index contributed by atoms with van der Waals surface area (Å²) < 4.78 is 13.0. The summed E-state index contributed by atoms with van der Waals surface area (Å²) in [5.41, 5.74) is -1.26. The molecule has 0 heterocycles. The van der Waals surface area contributed by atoms with E-state index in [2.05, 4.69) is 5.32 Å². The van der Waals surface area contributed by atoms with E-state index in [0.717, 1.165) is 0 Å². The van der Waals surface area contributed by atoms with Crippen LogP contribution in [0.3, 0.4) is 0 Å². The van der Waals surface area contributed by atoms with Gasteiger partial charge in [0.15, 0.2) is 0 Å². The summed E-state index contributed by atoms with van der Waals surface area (Å²) in [5.74, 6) is -0.183. The lowest BCUT2D eigenvalue weighted by Crippen LogP contribution is -2.35. The molecule has 0 aromatic heterocycles. The van der Waals surface area contributed by atoms with Gasteiger partial charge in [-0.1, -0.05) is 6.92 Å². The molecular formula is C7H14FNO. The lowest BCUT2D eigenvalue weighted by atomic mass is 10.1. The first-order valence-electron chi connectivity index (χ1n) is 3.41. The maximum absolute atomic E-state index is 13.0. The third-order valence-electron chi connectivity index (χ3n) is 1.44. The molecule has 0 aliphatic rings. The summed E-state index contributed by atoms with van der Waals surface area (Å²) in [6.07, 6.45) is 0.424. The number of hydrogen-bond donors (Lipinski definition) is 1. The van der Waals surface area contributed by atoms with E-state index in [1.165, 1.54) is 13.8 Å². The van der Waals surface area contributed by atoms with Crippen molar-refractivity contribution in [3.05, 3.63) is 0 Å². The molecule has 0 rings (SSSR count). The van der Waals surface area contributed by atoms with Crippen molar-refractivity contribution in [2.75, 3.05) is 6.54 Å². The summed E-state index contributed by atoms with van der Waals surface area (Å²) in [6.45, 7) is 4.72. The Labute approximate surface area is 60.8 Å². The Bertz CT molecular complexity index is 123. The van der Waals surface area contributed by atoms with Gasteiger partial charge in [-0.25, -0.2) is 4.39 Å². The Morgan fingerprint density at radius 3 is 2.50 bits per heavy atom. The number of halogens is 1. The number of nitrogens with one attached hydrogen (secondary N) is 1. The maximum Gasteiger partial charge on any atom is 0.216 e. The molecule has 0 aromatic carbocycles. The average Bonchev–Trinajstić information content (AvgIpc) is 1.85. The minimum absolute atomic E-state index is 0.110. The van der Waals surface area contributed by atoms with Crippen molar-refractivity contribution in [2.45, 2.75) is 32.9 Å². The van der Waals surface area contributed by atoms with Crippen LogP contribution in [-0.2, 0) is 4.79 Å². The summed E-state index contributed by atoms with van der Waals surface area (Å²) in [5, 5.41) is 2.42. The Kier molecular flexibility index (Phi) is 3.33. The van der Waals surface area contributed by atoms with Gasteiger partial charge in [0.1, 0.15) is 5.67 Å². The first-order chi connectivity index (χ1) is 4.48. The Morgan fingerprint density at radius 1 is 1.70 bits per heavy atom. The van der Waals surface area contributed by atoms with Crippen LogP contribution in [-0.4, -0.2) is 18.1 Å². The van der Waals surface area contributed by atoms with Crippen molar-refractivity contribution in [2.24, 2.45) is 0 Å². The Hall–Kier alpha value is -0.600. The monoisotopic (exact) mass is 147 g/mol. The van der Waals surface area contributed by atoms with Gasteiger partial charge in [-0.05, 0) is 13.3 Å². The molecular weight excluding hydrogens is 133 g/mol. The summed E-state index contributed by atoms with van der Waals surface area (Å²) in [7, 11) is 0. The van der Waals surface area contributed by atoms with Gasteiger partial charge in [0.2, 0.25) is 5.91 Å². The number of rotatable bonds is 3. The molecule has 0 aliphatic heterocycles. The zero-order valence-corrected chi connectivity index (χ0v) is 6.70. The molecule has 0 bridgehead atoms. The van der Waals surface area contributed by atoms with Gasteiger partial charge in [0, 0.05) is 6.92 Å². The topological polar surface area (TPSA) is 29.1 Å². The molecule has 1 N–H and O–H groups in total. The van der Waals surface area contributed by atoms with Crippen LogP contribution in [0.2, 0.25) is 0 Å². The molecule has 1 atom stereocenters. The van der Waals surface area contributed by atoms with E-state index in [9.17, 15) is 9.18 Å². The Morgan fingerprint density at radius 2 is 2.20 bits per heavy atom. The maximum atomic E-state index is 13.0. The summed E-state index contributed by atoms with van der Waals surface area (Å²) >= 11 is 0. The molecule has 0 saturated heterocycles. The number of amides is 1. The fraction of sp³-hybridized carbons (Fsp3) is 0.857. The van der Waals surface area contributed by atoms with Crippen LogP contribution < -0.4 is 5.32 Å². The lowest BCUT2D eigenvalue weighted by molar-refractivity contribution is -0.119. The zero-order chi connectivity index (χ0) is 8.20. The fourth-order valence-electron chi connectivity index (χ4n) is 0.434. The SMILES string of the molecule is CCC(C)(F)CNC(C)=O. The van der Waals surface area contributed by atoms with Gasteiger partial charge in [0.25, 0.3) is 0 Å². The van der Waals surface area contributed by atoms with Crippen LogP contribution in [0.15, 0.2) is 0 Å². The van der Waals surface area contributed by atoms with Gasteiger partial charge in [0.05, 0.1) is 6.54 Å². The number of carbonyl (C=O) groups is 1. The van der Waals surface area contributed by atoms with E-state index in [-0.39, 0.29) is 12.5 Å². The van der Waals surface area contributed by atoms with E-state index in [4.69, 9.17) is 0 Å². The number of hydrogen-bond acceptors (Lipinski definition) is 1. The predicted octanol–water partition coefficient (Wildman–Crippen LogP) is 1.26. The third kappa shape index (κ3) is 4.30. The highest BCUT2D eigenvalue weighted by atomic mass is 19.1. The van der Waals surface area contributed by atoms with Crippen LogP contribution in [0.5, 0.6) is 0 Å². The zero-order valence-electron chi connectivity index (χ0n) is 6.70. The first kappa shape index (κ1) is 9.40. The summed E-state index contributed by atoms with van der Waals surface area (Å²) in [6, 6.07) is 0. The molecule has 0 saturated carbocycles. The Balaban J connectivity index is 3.56. The van der Waals surface area contributed by atoms with E-state index in [0.29, 0.717) is 6.42 Å². The lowest BCUT2D eigenvalue weighted by Gasteiger charge is -2.17. The minimum Gasteiger partial charge on any atom is -0.353 e. The van der Waals surface area contributed by atoms with Crippen molar-refractivity contribution in [3.8, 4) is 0 Å². The summed E-state index contributed by atoms with van der Waals surface area (Å²) in [4.78, 5) is 10.3. The molecule has 1 unspecified atom stereocenters. The molecule has 3 heteroatoms. The van der Waals surface area contributed by atoms with Gasteiger partial charge in [-0.15, -0.1) is 0 Å². The van der Waals surface area contributed by atoms with Crippen LogP contribution in [0.25, 0.3) is 0 Å². The highest BCUT2D eigenvalue weighted by Gasteiger charge is 2.19. The third-order valence-corrected chi connectivity index (χ3v) is 1.44. The van der Waals surface area contributed by atoms with E-state index in [1.807, 2.05) is 0 Å². The van der Waals surface area contributed by atoms with Gasteiger partial charge in [-0.3, -0.25) is 4.79 Å². The van der Waals surface area contributed by atoms with Crippen molar-refractivity contribution >= 4 is 5.91 Å². The van der Waals surface area contributed by atoms with E-state index < -0.39 is 5.67 Å². The van der Waals surface area contributed by atoms with Crippen molar-refractivity contribution in [1.29, 1.82) is 0 Å². The fourth-order valence-corrected chi connectivity index (χ4v) is 0.434. The smallest absolute Gasteiger partial charge is 0.216 e. The van der Waals surface area contributed by atoms with Gasteiger partial charge < -0.3 is 5.32 Å². The molecule has 0 spiro atoms. The van der Waals surface area contributed by atoms with Crippen molar-refractivity contribution in [1.82, 2.24) is 5.32 Å². The van der Waals surface area contributed by atoms with Crippen molar-refractivity contribution < 1.29 is 9.18 Å². The highest BCUT2D eigenvalue weighted by Crippen LogP contribution is 2.12. The molecule has 0 aliphatic carbocycles. The second-order valence-electron chi connectivity index (χ2n) is 2.68. The van der Waals surface area contributed by atoms with Crippen molar-refractivity contribution in [3.63, 3.8) is 0 Å². The van der Waals surface area contributed by atoms with Crippen LogP contribution in [0, 0.1) is 0 Å². The molecule has 0 fully saturated rings. The molecule has 10 heavy (non-hydrogen) atoms.